The van der Waals surface area contributed by atoms with Crippen LogP contribution in [-0.4, -0.2) is 22.3 Å². The minimum atomic E-state index is 0.357. The molecule has 96 valence electrons. The number of halogens is 1. The Morgan fingerprint density at radius 1 is 1.50 bits per heavy atom. The molecule has 3 rings (SSSR count). The summed E-state index contributed by atoms with van der Waals surface area (Å²) in [6.07, 6.45) is 2.35. The summed E-state index contributed by atoms with van der Waals surface area (Å²) >= 11 is 6.13. The fraction of sp³-hybridized carbons (Fsp3) is 0.462. The van der Waals surface area contributed by atoms with Crippen LogP contribution >= 0.6 is 11.6 Å². The van der Waals surface area contributed by atoms with Gasteiger partial charge >= 0.3 is 0 Å². The number of anilines is 1. The highest BCUT2D eigenvalue weighted by atomic mass is 35.5. The minimum Gasteiger partial charge on any atom is -0.378 e. The van der Waals surface area contributed by atoms with E-state index >= 15 is 0 Å². The maximum Gasteiger partial charge on any atom is 0.201 e. The number of nitrogens with two attached hydrogens (primary N) is 1. The highest BCUT2D eigenvalue weighted by Gasteiger charge is 2.33. The zero-order valence-corrected chi connectivity index (χ0v) is 11.0. The molecule has 1 aliphatic rings. The molecule has 2 N–H and O–H groups in total. The van der Waals surface area contributed by atoms with Gasteiger partial charge in [0.15, 0.2) is 0 Å². The predicted octanol–water partition coefficient (Wildman–Crippen LogP) is 3.01. The molecule has 0 atom stereocenters. The van der Waals surface area contributed by atoms with Crippen molar-refractivity contribution in [3.05, 3.63) is 23.2 Å². The highest BCUT2D eigenvalue weighted by molar-refractivity contribution is 6.35. The van der Waals surface area contributed by atoms with Crippen molar-refractivity contribution in [3.8, 4) is 0 Å². The SMILES string of the molecule is CCOC1CC(n2c(N)nc3c(Cl)cccc32)C1. The predicted molar refractivity (Wildman–Crippen MR) is 72.8 cm³/mol. The van der Waals surface area contributed by atoms with Gasteiger partial charge < -0.3 is 15.0 Å². The van der Waals surface area contributed by atoms with E-state index in [1.807, 2.05) is 25.1 Å². The number of imidazole rings is 1. The molecule has 0 amide bonds. The molecule has 0 unspecified atom stereocenters. The number of nitrogens with zero attached hydrogens (tertiary/aromatic N) is 2. The Morgan fingerprint density at radius 2 is 2.28 bits per heavy atom. The lowest BCUT2D eigenvalue weighted by molar-refractivity contribution is -0.0181. The van der Waals surface area contributed by atoms with Crippen LogP contribution in [0.25, 0.3) is 11.0 Å². The molecule has 5 heteroatoms. The van der Waals surface area contributed by atoms with Crippen molar-refractivity contribution < 1.29 is 4.74 Å². The van der Waals surface area contributed by atoms with Crippen LogP contribution < -0.4 is 5.73 Å². The fourth-order valence-electron chi connectivity index (χ4n) is 2.61. The van der Waals surface area contributed by atoms with Gasteiger partial charge in [-0.05, 0) is 31.9 Å². The van der Waals surface area contributed by atoms with E-state index in [0.717, 1.165) is 30.5 Å². The molecule has 1 saturated carbocycles. The number of benzene rings is 1. The van der Waals surface area contributed by atoms with E-state index in [9.17, 15) is 0 Å². The number of hydrogen-bond donors (Lipinski definition) is 1. The maximum atomic E-state index is 6.13. The van der Waals surface area contributed by atoms with Gasteiger partial charge in [0.1, 0.15) is 5.52 Å². The van der Waals surface area contributed by atoms with Crippen molar-refractivity contribution in [2.75, 3.05) is 12.3 Å². The summed E-state index contributed by atoms with van der Waals surface area (Å²) in [5, 5.41) is 0.652. The number of hydrogen-bond acceptors (Lipinski definition) is 3. The minimum absolute atomic E-state index is 0.357. The van der Waals surface area contributed by atoms with Crippen LogP contribution in [0.3, 0.4) is 0 Å². The second-order valence-electron chi connectivity index (χ2n) is 4.65. The molecule has 1 aromatic heterocycles. The number of aromatic nitrogens is 2. The van der Waals surface area contributed by atoms with Crippen LogP contribution in [0.5, 0.6) is 0 Å². The lowest BCUT2D eigenvalue weighted by Crippen LogP contribution is -2.33. The van der Waals surface area contributed by atoms with Gasteiger partial charge in [0.25, 0.3) is 0 Å². The Kier molecular flexibility index (Phi) is 2.92. The van der Waals surface area contributed by atoms with Crippen LogP contribution in [0, 0.1) is 0 Å². The zero-order valence-electron chi connectivity index (χ0n) is 10.3. The van der Waals surface area contributed by atoms with Crippen molar-refractivity contribution >= 4 is 28.6 Å². The van der Waals surface area contributed by atoms with E-state index in [2.05, 4.69) is 9.55 Å². The Morgan fingerprint density at radius 3 is 3.00 bits per heavy atom. The second-order valence-corrected chi connectivity index (χ2v) is 5.06. The van der Waals surface area contributed by atoms with Crippen molar-refractivity contribution in [3.63, 3.8) is 0 Å². The van der Waals surface area contributed by atoms with E-state index in [0.29, 0.717) is 23.1 Å². The Hall–Kier alpha value is -1.26. The first-order valence-electron chi connectivity index (χ1n) is 6.24. The number of fused-ring (bicyclic) bond motifs is 1. The third-order valence-corrected chi connectivity index (χ3v) is 3.84. The van der Waals surface area contributed by atoms with Gasteiger partial charge in [-0.3, -0.25) is 0 Å². The highest BCUT2D eigenvalue weighted by Crippen LogP contribution is 2.39. The molecule has 4 nitrogen and oxygen atoms in total. The molecule has 1 heterocycles. The number of rotatable bonds is 3. The molecule has 0 radical (unpaired) electrons. The monoisotopic (exact) mass is 265 g/mol. The molecule has 0 saturated heterocycles. The lowest BCUT2D eigenvalue weighted by atomic mass is 9.89. The fourth-order valence-corrected chi connectivity index (χ4v) is 2.82. The number of para-hydroxylation sites is 1. The molecular formula is C13H16ClN3O. The number of nitrogen functional groups attached to an aromatic ring is 1. The lowest BCUT2D eigenvalue weighted by Gasteiger charge is -2.36. The average molecular weight is 266 g/mol. The quantitative estimate of drug-likeness (QED) is 0.928. The summed E-state index contributed by atoms with van der Waals surface area (Å²) in [7, 11) is 0. The van der Waals surface area contributed by atoms with Crippen LogP contribution in [0.4, 0.5) is 5.95 Å². The van der Waals surface area contributed by atoms with Crippen molar-refractivity contribution in [2.45, 2.75) is 31.9 Å². The van der Waals surface area contributed by atoms with Gasteiger partial charge in [-0.2, -0.15) is 0 Å². The average Bonchev–Trinajstić information content (AvgIpc) is 2.62. The molecule has 18 heavy (non-hydrogen) atoms. The third kappa shape index (κ3) is 1.76. The van der Waals surface area contributed by atoms with Crippen molar-refractivity contribution in [1.82, 2.24) is 9.55 Å². The zero-order chi connectivity index (χ0) is 12.7. The summed E-state index contributed by atoms with van der Waals surface area (Å²) < 4.78 is 7.66. The van der Waals surface area contributed by atoms with E-state index in [-0.39, 0.29) is 0 Å². The summed E-state index contributed by atoms with van der Waals surface area (Å²) in [6.45, 7) is 2.79. The topological polar surface area (TPSA) is 53.1 Å². The normalized spacial score (nSPS) is 23.2. The van der Waals surface area contributed by atoms with Crippen LogP contribution in [0.2, 0.25) is 5.02 Å². The van der Waals surface area contributed by atoms with Crippen LogP contribution in [0.1, 0.15) is 25.8 Å². The standard InChI is InChI=1S/C13H16ClN3O/c1-2-18-9-6-8(7-9)17-11-5-3-4-10(14)12(11)16-13(17)15/h3-5,8-9H,2,6-7H2,1H3,(H2,15,16). The summed E-state index contributed by atoms with van der Waals surface area (Å²) in [6, 6.07) is 6.16. The molecule has 1 aliphatic carbocycles. The molecule has 0 spiro atoms. The van der Waals surface area contributed by atoms with E-state index in [1.54, 1.807) is 0 Å². The Balaban J connectivity index is 1.93. The summed E-state index contributed by atoms with van der Waals surface area (Å²) in [5.74, 6) is 0.540. The van der Waals surface area contributed by atoms with Gasteiger partial charge in [0, 0.05) is 12.6 Å². The van der Waals surface area contributed by atoms with E-state index in [1.165, 1.54) is 0 Å². The maximum absolute atomic E-state index is 6.13. The van der Waals surface area contributed by atoms with Gasteiger partial charge in [0.05, 0.1) is 16.6 Å². The largest absolute Gasteiger partial charge is 0.378 e. The van der Waals surface area contributed by atoms with Gasteiger partial charge in [0.2, 0.25) is 5.95 Å². The first kappa shape index (κ1) is 11.8. The van der Waals surface area contributed by atoms with Crippen LogP contribution in [0.15, 0.2) is 18.2 Å². The van der Waals surface area contributed by atoms with Gasteiger partial charge in [-0.1, -0.05) is 17.7 Å². The van der Waals surface area contributed by atoms with Gasteiger partial charge in [-0.15, -0.1) is 0 Å². The second kappa shape index (κ2) is 4.44. The van der Waals surface area contributed by atoms with E-state index < -0.39 is 0 Å². The van der Waals surface area contributed by atoms with E-state index in [4.69, 9.17) is 22.1 Å². The Bertz CT molecular complexity index is 575. The van der Waals surface area contributed by atoms with Gasteiger partial charge in [-0.25, -0.2) is 4.98 Å². The first-order valence-corrected chi connectivity index (χ1v) is 6.62. The number of ether oxygens (including phenoxy) is 1. The Labute approximate surface area is 111 Å². The van der Waals surface area contributed by atoms with Crippen LogP contribution in [-0.2, 0) is 4.74 Å². The molecule has 1 fully saturated rings. The third-order valence-electron chi connectivity index (χ3n) is 3.54. The molecular weight excluding hydrogens is 250 g/mol. The molecule has 1 aromatic carbocycles. The summed E-state index contributed by atoms with van der Waals surface area (Å²) in [5.41, 5.74) is 7.81. The molecule has 0 aliphatic heterocycles. The van der Waals surface area contributed by atoms with Crippen molar-refractivity contribution in [1.29, 1.82) is 0 Å². The first-order chi connectivity index (χ1) is 8.70. The smallest absolute Gasteiger partial charge is 0.201 e. The van der Waals surface area contributed by atoms with Crippen molar-refractivity contribution in [2.24, 2.45) is 0 Å². The molecule has 0 bridgehead atoms. The molecule has 2 aromatic rings. The summed E-state index contributed by atoms with van der Waals surface area (Å²) in [4.78, 5) is 4.35.